The van der Waals surface area contributed by atoms with Gasteiger partial charge in [0.15, 0.2) is 5.11 Å². The van der Waals surface area contributed by atoms with E-state index in [-0.39, 0.29) is 10.7 Å². The first-order valence-electron chi connectivity index (χ1n) is 7.01. The molecule has 0 aliphatic carbocycles. The maximum absolute atomic E-state index is 12.1. The SMILES string of the molecule is COC(=O)c1sc(NC(=S)Nc2ccc(Cl)cc2)c(C(=O)OC)c1C. The topological polar surface area (TPSA) is 76.7 Å². The van der Waals surface area contributed by atoms with Crippen LogP contribution in [0.25, 0.3) is 0 Å². The van der Waals surface area contributed by atoms with Crippen molar-refractivity contribution in [1.29, 1.82) is 0 Å². The fourth-order valence-electron chi connectivity index (χ4n) is 2.04. The minimum absolute atomic E-state index is 0.244. The summed E-state index contributed by atoms with van der Waals surface area (Å²) in [5.74, 6) is -1.10. The van der Waals surface area contributed by atoms with Crippen LogP contribution in [0.1, 0.15) is 25.6 Å². The monoisotopic (exact) mass is 398 g/mol. The van der Waals surface area contributed by atoms with Crippen molar-refractivity contribution in [1.82, 2.24) is 0 Å². The van der Waals surface area contributed by atoms with Crippen LogP contribution in [0.5, 0.6) is 0 Å². The van der Waals surface area contributed by atoms with Gasteiger partial charge in [0, 0.05) is 10.7 Å². The molecule has 0 bridgehead atoms. The van der Waals surface area contributed by atoms with Crippen LogP contribution in [-0.2, 0) is 9.47 Å². The molecule has 0 aliphatic rings. The van der Waals surface area contributed by atoms with Gasteiger partial charge in [0.2, 0.25) is 0 Å². The summed E-state index contributed by atoms with van der Waals surface area (Å²) >= 11 is 12.2. The zero-order valence-corrected chi connectivity index (χ0v) is 16.0. The Morgan fingerprint density at radius 1 is 1.08 bits per heavy atom. The Morgan fingerprint density at radius 2 is 1.68 bits per heavy atom. The lowest BCUT2D eigenvalue weighted by atomic mass is 10.1. The molecule has 1 aromatic heterocycles. The number of benzene rings is 1. The molecule has 0 atom stereocenters. The molecule has 2 aromatic rings. The number of carbonyl (C=O) groups is 2. The maximum Gasteiger partial charge on any atom is 0.348 e. The quantitative estimate of drug-likeness (QED) is 0.593. The van der Waals surface area contributed by atoms with Gasteiger partial charge in [-0.05, 0) is 49.0 Å². The van der Waals surface area contributed by atoms with Gasteiger partial charge in [-0.2, -0.15) is 0 Å². The summed E-state index contributed by atoms with van der Waals surface area (Å²) in [6, 6.07) is 6.96. The molecule has 0 saturated carbocycles. The van der Waals surface area contributed by atoms with Gasteiger partial charge in [-0.25, -0.2) is 9.59 Å². The molecule has 1 aromatic carbocycles. The summed E-state index contributed by atoms with van der Waals surface area (Å²) in [5.41, 5.74) is 1.44. The summed E-state index contributed by atoms with van der Waals surface area (Å²) in [7, 11) is 2.55. The minimum Gasteiger partial charge on any atom is -0.465 e. The number of rotatable bonds is 4. The van der Waals surface area contributed by atoms with Crippen LogP contribution in [-0.4, -0.2) is 31.3 Å². The van der Waals surface area contributed by atoms with E-state index < -0.39 is 11.9 Å². The van der Waals surface area contributed by atoms with E-state index in [0.29, 0.717) is 20.5 Å². The highest BCUT2D eigenvalue weighted by atomic mass is 35.5. The number of carbonyl (C=O) groups excluding carboxylic acids is 2. The highest BCUT2D eigenvalue weighted by Gasteiger charge is 2.26. The Bertz CT molecular complexity index is 818. The lowest BCUT2D eigenvalue weighted by Gasteiger charge is -2.10. The summed E-state index contributed by atoms with van der Waals surface area (Å²) in [6.07, 6.45) is 0. The second-order valence-corrected chi connectivity index (χ2v) is 6.69. The molecule has 9 heteroatoms. The lowest BCUT2D eigenvalue weighted by molar-refractivity contribution is 0.0601. The van der Waals surface area contributed by atoms with Gasteiger partial charge in [0.25, 0.3) is 0 Å². The van der Waals surface area contributed by atoms with E-state index in [1.165, 1.54) is 14.2 Å². The molecular formula is C16H15ClN2O4S2. The number of halogens is 1. The van der Waals surface area contributed by atoms with E-state index in [2.05, 4.69) is 10.6 Å². The van der Waals surface area contributed by atoms with Crippen molar-refractivity contribution in [3.8, 4) is 0 Å². The maximum atomic E-state index is 12.1. The largest absolute Gasteiger partial charge is 0.465 e. The molecule has 2 rings (SSSR count). The van der Waals surface area contributed by atoms with Crippen LogP contribution in [0.15, 0.2) is 24.3 Å². The first-order chi connectivity index (χ1) is 11.9. The average molecular weight is 399 g/mol. The fraction of sp³-hybridized carbons (Fsp3) is 0.188. The number of anilines is 2. The number of nitrogens with one attached hydrogen (secondary N) is 2. The predicted molar refractivity (Wildman–Crippen MR) is 103 cm³/mol. The third-order valence-corrected chi connectivity index (χ3v) is 4.88. The van der Waals surface area contributed by atoms with Gasteiger partial charge >= 0.3 is 11.9 Å². The van der Waals surface area contributed by atoms with E-state index in [4.69, 9.17) is 33.3 Å². The highest BCUT2D eigenvalue weighted by Crippen LogP contribution is 2.34. The first kappa shape index (κ1) is 19.2. The Hall–Kier alpha value is -2.16. The summed E-state index contributed by atoms with van der Waals surface area (Å²) < 4.78 is 9.54. The molecule has 0 saturated heterocycles. The van der Waals surface area contributed by atoms with Crippen molar-refractivity contribution in [2.24, 2.45) is 0 Å². The molecule has 132 valence electrons. The molecule has 0 radical (unpaired) electrons. The van der Waals surface area contributed by atoms with E-state index in [1.807, 2.05) is 0 Å². The van der Waals surface area contributed by atoms with Gasteiger partial charge in [0.05, 0.1) is 19.8 Å². The predicted octanol–water partition coefficient (Wildman–Crippen LogP) is 4.09. The first-order valence-corrected chi connectivity index (χ1v) is 8.61. The van der Waals surface area contributed by atoms with Gasteiger partial charge in [-0.3, -0.25) is 0 Å². The number of hydrogen-bond acceptors (Lipinski definition) is 6. The normalized spacial score (nSPS) is 10.1. The Labute approximate surface area is 159 Å². The molecule has 0 fully saturated rings. The smallest absolute Gasteiger partial charge is 0.348 e. The van der Waals surface area contributed by atoms with Crippen molar-refractivity contribution < 1.29 is 19.1 Å². The molecular weight excluding hydrogens is 384 g/mol. The van der Waals surface area contributed by atoms with Gasteiger partial charge in [-0.15, -0.1) is 11.3 Å². The summed E-state index contributed by atoms with van der Waals surface area (Å²) in [5, 5.41) is 7.16. The summed E-state index contributed by atoms with van der Waals surface area (Å²) in [6.45, 7) is 1.65. The van der Waals surface area contributed by atoms with Crippen LogP contribution < -0.4 is 10.6 Å². The molecule has 1 heterocycles. The molecule has 0 unspecified atom stereocenters. The number of thiophene rings is 1. The van der Waals surface area contributed by atoms with Gasteiger partial charge in [-0.1, -0.05) is 11.6 Å². The third-order valence-electron chi connectivity index (χ3n) is 3.24. The molecule has 0 spiro atoms. The van der Waals surface area contributed by atoms with E-state index in [9.17, 15) is 9.59 Å². The van der Waals surface area contributed by atoms with Crippen LogP contribution in [0.4, 0.5) is 10.7 Å². The molecule has 6 nitrogen and oxygen atoms in total. The van der Waals surface area contributed by atoms with E-state index >= 15 is 0 Å². The van der Waals surface area contributed by atoms with Gasteiger partial charge < -0.3 is 20.1 Å². The Balaban J connectivity index is 2.27. The minimum atomic E-state index is -0.569. The summed E-state index contributed by atoms with van der Waals surface area (Å²) in [4.78, 5) is 24.2. The Morgan fingerprint density at radius 3 is 2.24 bits per heavy atom. The van der Waals surface area contributed by atoms with Crippen LogP contribution in [0.3, 0.4) is 0 Å². The average Bonchev–Trinajstić information content (AvgIpc) is 2.91. The lowest BCUT2D eigenvalue weighted by Crippen LogP contribution is -2.20. The fourth-order valence-corrected chi connectivity index (χ4v) is 3.56. The molecule has 0 aliphatic heterocycles. The number of methoxy groups -OCH3 is 2. The standard InChI is InChI=1S/C16H15ClN2O4S2/c1-8-11(14(20)22-2)13(25-12(8)15(21)23-3)19-16(24)18-10-6-4-9(17)5-7-10/h4-7H,1-3H3,(H2,18,19,24). The van der Waals surface area contributed by atoms with Crippen molar-refractivity contribution in [2.45, 2.75) is 6.92 Å². The zero-order valence-electron chi connectivity index (χ0n) is 13.6. The second-order valence-electron chi connectivity index (χ2n) is 4.83. The van der Waals surface area contributed by atoms with Crippen LogP contribution in [0.2, 0.25) is 5.02 Å². The van der Waals surface area contributed by atoms with Crippen molar-refractivity contribution in [3.05, 3.63) is 45.3 Å². The van der Waals surface area contributed by atoms with Crippen molar-refractivity contribution in [2.75, 3.05) is 24.9 Å². The third kappa shape index (κ3) is 4.47. The molecule has 0 amide bonds. The van der Waals surface area contributed by atoms with Gasteiger partial charge in [0.1, 0.15) is 9.88 Å². The molecule has 2 N–H and O–H groups in total. The zero-order chi connectivity index (χ0) is 18.6. The van der Waals surface area contributed by atoms with Crippen molar-refractivity contribution in [3.63, 3.8) is 0 Å². The van der Waals surface area contributed by atoms with Crippen LogP contribution >= 0.6 is 35.2 Å². The highest BCUT2D eigenvalue weighted by molar-refractivity contribution is 7.80. The number of ether oxygens (including phenoxy) is 2. The van der Waals surface area contributed by atoms with Crippen LogP contribution in [0, 0.1) is 6.92 Å². The number of hydrogen-bond donors (Lipinski definition) is 2. The van der Waals surface area contributed by atoms with E-state index in [1.54, 1.807) is 31.2 Å². The number of esters is 2. The second kappa shape index (κ2) is 8.28. The van der Waals surface area contributed by atoms with E-state index in [0.717, 1.165) is 17.0 Å². The van der Waals surface area contributed by atoms with Crippen molar-refractivity contribution >= 4 is 62.9 Å². The number of thiocarbonyl (C=S) groups is 1. The molecule has 25 heavy (non-hydrogen) atoms. The Kier molecular flexibility index (Phi) is 6.35.